The van der Waals surface area contributed by atoms with Crippen LogP contribution < -0.4 is 5.32 Å². The molecular formula is C21H25N7S. The minimum atomic E-state index is 0.296. The van der Waals surface area contributed by atoms with Crippen molar-refractivity contribution in [2.24, 2.45) is 0 Å². The molecule has 0 bridgehead atoms. The van der Waals surface area contributed by atoms with Gasteiger partial charge in [0.15, 0.2) is 5.13 Å². The zero-order valence-electron chi connectivity index (χ0n) is 16.6. The minimum absolute atomic E-state index is 0.296. The monoisotopic (exact) mass is 407 g/mol. The highest BCUT2D eigenvalue weighted by Gasteiger charge is 2.27. The molecule has 0 saturated carbocycles. The molecule has 3 aromatic rings. The third kappa shape index (κ3) is 4.81. The third-order valence-corrected chi connectivity index (χ3v) is 5.97. The van der Waals surface area contributed by atoms with E-state index in [2.05, 4.69) is 44.2 Å². The Kier molecular flexibility index (Phi) is 6.17. The summed E-state index contributed by atoms with van der Waals surface area (Å²) in [6.45, 7) is 4.12. The molecule has 4 heterocycles. The van der Waals surface area contributed by atoms with Crippen molar-refractivity contribution in [3.63, 3.8) is 0 Å². The van der Waals surface area contributed by atoms with Crippen LogP contribution >= 0.6 is 11.3 Å². The first-order valence-corrected chi connectivity index (χ1v) is 10.9. The van der Waals surface area contributed by atoms with Gasteiger partial charge in [-0.1, -0.05) is 30.7 Å². The molecule has 0 radical (unpaired) electrons. The molecule has 29 heavy (non-hydrogen) atoms. The van der Waals surface area contributed by atoms with Crippen LogP contribution in [0.15, 0.2) is 30.6 Å². The van der Waals surface area contributed by atoms with Gasteiger partial charge >= 0.3 is 0 Å². The summed E-state index contributed by atoms with van der Waals surface area (Å²) in [5.74, 6) is 1.85. The Bertz CT molecular complexity index is 987. The van der Waals surface area contributed by atoms with Crippen LogP contribution in [0.1, 0.15) is 60.7 Å². The van der Waals surface area contributed by atoms with Gasteiger partial charge in [-0.2, -0.15) is 5.26 Å². The lowest BCUT2D eigenvalue weighted by molar-refractivity contribution is 0.242. The Morgan fingerprint density at radius 1 is 1.34 bits per heavy atom. The second kappa shape index (κ2) is 9.16. The van der Waals surface area contributed by atoms with Crippen molar-refractivity contribution in [1.82, 2.24) is 24.8 Å². The van der Waals surface area contributed by atoms with Gasteiger partial charge in [-0.25, -0.2) is 15.0 Å². The Hall–Kier alpha value is -2.76. The van der Waals surface area contributed by atoms with E-state index in [4.69, 9.17) is 10.2 Å². The van der Waals surface area contributed by atoms with Gasteiger partial charge < -0.3 is 10.3 Å². The van der Waals surface area contributed by atoms with Gasteiger partial charge in [-0.15, -0.1) is 0 Å². The van der Waals surface area contributed by atoms with E-state index in [0.29, 0.717) is 16.1 Å². The van der Waals surface area contributed by atoms with Crippen LogP contribution in [-0.4, -0.2) is 31.4 Å². The van der Waals surface area contributed by atoms with E-state index in [1.54, 1.807) is 6.20 Å². The van der Waals surface area contributed by atoms with Crippen LogP contribution in [0.4, 0.5) is 10.9 Å². The molecular weight excluding hydrogens is 382 g/mol. The summed E-state index contributed by atoms with van der Waals surface area (Å²) in [4.78, 5) is 20.1. The summed E-state index contributed by atoms with van der Waals surface area (Å²) in [7, 11) is 0. The maximum Gasteiger partial charge on any atom is 0.189 e. The van der Waals surface area contributed by atoms with Crippen molar-refractivity contribution in [2.75, 3.05) is 11.9 Å². The predicted molar refractivity (Wildman–Crippen MR) is 114 cm³/mol. The fourth-order valence-electron chi connectivity index (χ4n) is 3.73. The summed E-state index contributed by atoms with van der Waals surface area (Å²) in [5.41, 5.74) is 2.24. The SMILES string of the molecule is CCCCc1ncc(CN2CCC[C@@H]2c2cccc(Nc3ncc(C#N)s3)n2)[nH]1. The average Bonchev–Trinajstić information content (AvgIpc) is 3.48. The molecule has 2 N–H and O–H groups in total. The highest BCUT2D eigenvalue weighted by atomic mass is 32.1. The topological polar surface area (TPSA) is 93.5 Å². The number of hydrogen-bond donors (Lipinski definition) is 2. The summed E-state index contributed by atoms with van der Waals surface area (Å²) in [6, 6.07) is 8.46. The van der Waals surface area contributed by atoms with E-state index in [1.807, 2.05) is 18.3 Å². The van der Waals surface area contributed by atoms with E-state index in [9.17, 15) is 0 Å². The van der Waals surface area contributed by atoms with Gasteiger partial charge in [0.1, 0.15) is 22.6 Å². The van der Waals surface area contributed by atoms with Crippen LogP contribution in [0.25, 0.3) is 0 Å². The van der Waals surface area contributed by atoms with Crippen molar-refractivity contribution in [3.05, 3.63) is 52.7 Å². The molecule has 1 aliphatic heterocycles. The summed E-state index contributed by atoms with van der Waals surface area (Å²) in [5, 5.41) is 12.9. The second-order valence-corrected chi connectivity index (χ2v) is 8.33. The molecule has 1 saturated heterocycles. The van der Waals surface area contributed by atoms with Crippen molar-refractivity contribution < 1.29 is 0 Å². The molecule has 0 amide bonds. The van der Waals surface area contributed by atoms with Crippen LogP contribution in [-0.2, 0) is 13.0 Å². The number of nitrogens with one attached hydrogen (secondary N) is 2. The van der Waals surface area contributed by atoms with Gasteiger partial charge in [0, 0.05) is 24.9 Å². The van der Waals surface area contributed by atoms with Gasteiger partial charge in [-0.3, -0.25) is 4.90 Å². The molecule has 0 aromatic carbocycles. The molecule has 3 aromatic heterocycles. The molecule has 7 nitrogen and oxygen atoms in total. The maximum absolute atomic E-state index is 8.96. The van der Waals surface area contributed by atoms with E-state index in [-0.39, 0.29) is 0 Å². The number of unbranched alkanes of at least 4 members (excludes halogenated alkanes) is 1. The summed E-state index contributed by atoms with van der Waals surface area (Å²) >= 11 is 1.33. The van der Waals surface area contributed by atoms with E-state index >= 15 is 0 Å². The van der Waals surface area contributed by atoms with Crippen LogP contribution in [0.3, 0.4) is 0 Å². The second-order valence-electron chi connectivity index (χ2n) is 7.30. The number of nitriles is 1. The highest BCUT2D eigenvalue weighted by Crippen LogP contribution is 2.33. The van der Waals surface area contributed by atoms with E-state index in [1.165, 1.54) is 29.9 Å². The average molecular weight is 408 g/mol. The van der Waals surface area contributed by atoms with Gasteiger partial charge in [0.05, 0.1) is 17.9 Å². The largest absolute Gasteiger partial charge is 0.345 e. The number of aromatic amines is 1. The van der Waals surface area contributed by atoms with Gasteiger partial charge in [0.2, 0.25) is 0 Å². The van der Waals surface area contributed by atoms with Crippen LogP contribution in [0, 0.1) is 11.3 Å². The predicted octanol–water partition coefficient (Wildman–Crippen LogP) is 4.56. The Morgan fingerprint density at radius 3 is 3.10 bits per heavy atom. The lowest BCUT2D eigenvalue weighted by Crippen LogP contribution is -2.23. The van der Waals surface area contributed by atoms with Crippen LogP contribution in [0.2, 0.25) is 0 Å². The molecule has 8 heteroatoms. The maximum atomic E-state index is 8.96. The van der Waals surface area contributed by atoms with Crippen molar-refractivity contribution in [1.29, 1.82) is 5.26 Å². The number of aromatic nitrogens is 4. The van der Waals surface area contributed by atoms with Crippen molar-refractivity contribution in [2.45, 2.75) is 51.6 Å². The lowest BCUT2D eigenvalue weighted by Gasteiger charge is -2.23. The molecule has 0 aliphatic carbocycles. The van der Waals surface area contributed by atoms with Crippen LogP contribution in [0.5, 0.6) is 0 Å². The molecule has 4 rings (SSSR count). The first-order chi connectivity index (χ1) is 14.2. The number of pyridine rings is 1. The summed E-state index contributed by atoms with van der Waals surface area (Å²) < 4.78 is 0. The third-order valence-electron chi connectivity index (χ3n) is 5.15. The number of likely N-dealkylation sites (tertiary alicyclic amines) is 1. The minimum Gasteiger partial charge on any atom is -0.345 e. The van der Waals surface area contributed by atoms with Crippen molar-refractivity contribution in [3.8, 4) is 6.07 Å². The van der Waals surface area contributed by atoms with E-state index < -0.39 is 0 Å². The fourth-order valence-corrected chi connectivity index (χ4v) is 4.35. The molecule has 1 aliphatic rings. The number of imidazole rings is 1. The van der Waals surface area contributed by atoms with E-state index in [0.717, 1.165) is 49.7 Å². The number of thiazole rings is 1. The molecule has 1 atom stereocenters. The summed E-state index contributed by atoms with van der Waals surface area (Å²) in [6.07, 6.45) is 9.17. The first-order valence-electron chi connectivity index (χ1n) is 10.1. The van der Waals surface area contributed by atoms with Gasteiger partial charge in [0.25, 0.3) is 0 Å². The molecule has 150 valence electrons. The number of hydrogen-bond acceptors (Lipinski definition) is 7. The first kappa shape index (κ1) is 19.6. The Labute approximate surface area is 174 Å². The zero-order valence-corrected chi connectivity index (χ0v) is 17.4. The Morgan fingerprint density at radius 2 is 2.28 bits per heavy atom. The standard InChI is InChI=1S/C21H25N7S/c1-2-3-8-19-23-12-15(25-19)14-28-10-5-7-18(28)17-6-4-9-20(26-17)27-21-24-13-16(11-22)29-21/h4,6,9,12-13,18H,2-3,5,7-8,10,14H2,1H3,(H,23,25)(H,24,26,27)/t18-/m1/s1. The smallest absolute Gasteiger partial charge is 0.189 e. The molecule has 1 fully saturated rings. The Balaban J connectivity index is 1.44. The number of rotatable bonds is 8. The highest BCUT2D eigenvalue weighted by molar-refractivity contribution is 7.16. The molecule has 0 spiro atoms. The quantitative estimate of drug-likeness (QED) is 0.569. The van der Waals surface area contributed by atoms with Crippen molar-refractivity contribution >= 4 is 22.3 Å². The molecule has 0 unspecified atom stereocenters. The number of aryl methyl sites for hydroxylation is 1. The fraction of sp³-hybridized carbons (Fsp3) is 0.429. The number of H-pyrrole nitrogens is 1. The number of anilines is 2. The van der Waals surface area contributed by atoms with Gasteiger partial charge in [-0.05, 0) is 37.9 Å². The number of nitrogens with zero attached hydrogens (tertiary/aromatic N) is 5. The normalized spacial score (nSPS) is 16.8. The zero-order chi connectivity index (χ0) is 20.1. The lowest BCUT2D eigenvalue weighted by atomic mass is 10.1.